The highest BCUT2D eigenvalue weighted by Gasteiger charge is 2.42. The molecule has 2 aromatic heterocycles. The van der Waals surface area contributed by atoms with Gasteiger partial charge in [0.25, 0.3) is 0 Å². The van der Waals surface area contributed by atoms with Gasteiger partial charge in [0.05, 0.1) is 30.6 Å². The molecular formula is C26H29N5O3S. The maximum absolute atomic E-state index is 11.8. The van der Waals surface area contributed by atoms with Crippen LogP contribution in [-0.2, 0) is 16.1 Å². The van der Waals surface area contributed by atoms with Crippen molar-refractivity contribution in [1.82, 2.24) is 14.9 Å². The smallest absolute Gasteiger partial charge is 0.221 e. The third-order valence-electron chi connectivity index (χ3n) is 6.46. The summed E-state index contributed by atoms with van der Waals surface area (Å²) in [6.07, 6.45) is 6.26. The number of methoxy groups -OCH3 is 1. The van der Waals surface area contributed by atoms with Crippen LogP contribution >= 0.6 is 12.2 Å². The molecule has 35 heavy (non-hydrogen) atoms. The van der Waals surface area contributed by atoms with E-state index in [1.807, 2.05) is 36.4 Å². The molecule has 0 bridgehead atoms. The van der Waals surface area contributed by atoms with Gasteiger partial charge in [-0.3, -0.25) is 9.78 Å². The molecule has 3 aromatic rings. The lowest BCUT2D eigenvalue weighted by atomic mass is 10.0. The lowest BCUT2D eigenvalue weighted by Crippen LogP contribution is -2.31. The summed E-state index contributed by atoms with van der Waals surface area (Å²) in [6.45, 7) is 3.08. The molecule has 2 saturated heterocycles. The molecule has 2 aliphatic rings. The SMILES string of the molecule is COc1ccc(N2C(=S)N[C@@H](c3ccccn3)[C@H]2c2cccn2C[C@@H]2CCCO2)cc1NC(C)=O. The van der Waals surface area contributed by atoms with Crippen LogP contribution in [0.15, 0.2) is 60.9 Å². The molecular weight excluding hydrogens is 462 g/mol. The number of rotatable bonds is 7. The largest absolute Gasteiger partial charge is 0.495 e. The number of amides is 1. The van der Waals surface area contributed by atoms with Crippen molar-refractivity contribution < 1.29 is 14.3 Å². The second kappa shape index (κ2) is 10.1. The minimum atomic E-state index is -0.170. The van der Waals surface area contributed by atoms with E-state index in [-0.39, 0.29) is 24.1 Å². The fraction of sp³-hybridized carbons (Fsp3) is 0.346. The number of benzene rings is 1. The molecule has 1 amide bonds. The monoisotopic (exact) mass is 491 g/mol. The molecule has 1 aromatic carbocycles. The minimum absolute atomic E-state index is 0.159. The van der Waals surface area contributed by atoms with E-state index >= 15 is 0 Å². The normalized spacial score (nSPS) is 21.7. The number of pyridine rings is 1. The third-order valence-corrected chi connectivity index (χ3v) is 6.78. The molecule has 0 aliphatic carbocycles. The van der Waals surface area contributed by atoms with Crippen LogP contribution in [0.2, 0.25) is 0 Å². The summed E-state index contributed by atoms with van der Waals surface area (Å²) in [4.78, 5) is 18.6. The Morgan fingerprint density at radius 3 is 2.89 bits per heavy atom. The highest BCUT2D eigenvalue weighted by Crippen LogP contribution is 2.43. The first-order chi connectivity index (χ1) is 17.0. The van der Waals surface area contributed by atoms with Crippen LogP contribution in [0.3, 0.4) is 0 Å². The van der Waals surface area contributed by atoms with E-state index < -0.39 is 0 Å². The number of nitrogens with zero attached hydrogens (tertiary/aromatic N) is 3. The number of carbonyl (C=O) groups excluding carboxylic acids is 1. The van der Waals surface area contributed by atoms with Crippen molar-refractivity contribution in [1.29, 1.82) is 0 Å². The summed E-state index contributed by atoms with van der Waals surface area (Å²) in [5.74, 6) is 0.414. The average molecular weight is 492 g/mol. The average Bonchev–Trinajstić information content (AvgIpc) is 3.60. The number of aromatic nitrogens is 2. The molecule has 5 rings (SSSR count). The van der Waals surface area contributed by atoms with Gasteiger partial charge in [0.1, 0.15) is 11.8 Å². The standard InChI is InChI=1S/C26H29N5O3S/c1-17(32)28-21-15-18(10-11-23(21)33-2)31-25(24(29-26(31)35)20-8-3-4-12-27-20)22-9-5-13-30(22)16-19-7-6-14-34-19/h3-5,8-13,15,19,24-25H,6-7,14,16H2,1-2H3,(H,28,32)(H,29,35)/t19-,24-,25+/m0/s1. The van der Waals surface area contributed by atoms with Gasteiger partial charge in [0.2, 0.25) is 5.91 Å². The molecule has 182 valence electrons. The maximum Gasteiger partial charge on any atom is 0.221 e. The predicted octanol–water partition coefficient (Wildman–Crippen LogP) is 4.21. The number of hydrogen-bond acceptors (Lipinski definition) is 5. The summed E-state index contributed by atoms with van der Waals surface area (Å²) in [7, 11) is 1.58. The zero-order chi connectivity index (χ0) is 24.4. The fourth-order valence-electron chi connectivity index (χ4n) is 4.94. The summed E-state index contributed by atoms with van der Waals surface area (Å²) < 4.78 is 13.6. The van der Waals surface area contributed by atoms with Crippen molar-refractivity contribution in [2.45, 2.75) is 44.5 Å². The van der Waals surface area contributed by atoms with Gasteiger partial charge in [0.15, 0.2) is 5.11 Å². The maximum atomic E-state index is 11.8. The number of nitrogens with one attached hydrogen (secondary N) is 2. The molecule has 9 heteroatoms. The molecule has 2 fully saturated rings. The Hall–Kier alpha value is -3.43. The number of thiocarbonyl (C=S) groups is 1. The van der Waals surface area contributed by atoms with Crippen LogP contribution in [0.4, 0.5) is 11.4 Å². The van der Waals surface area contributed by atoms with Gasteiger partial charge in [-0.15, -0.1) is 0 Å². The van der Waals surface area contributed by atoms with Gasteiger partial charge in [-0.05, 0) is 67.5 Å². The summed E-state index contributed by atoms with van der Waals surface area (Å²) >= 11 is 5.86. The van der Waals surface area contributed by atoms with Crippen molar-refractivity contribution >= 4 is 34.6 Å². The molecule has 0 radical (unpaired) electrons. The van der Waals surface area contributed by atoms with Gasteiger partial charge in [-0.2, -0.15) is 0 Å². The van der Waals surface area contributed by atoms with Crippen molar-refractivity contribution in [3.63, 3.8) is 0 Å². The Labute approximate surface area is 210 Å². The van der Waals surface area contributed by atoms with Crippen LogP contribution in [-0.4, -0.2) is 40.4 Å². The zero-order valence-corrected chi connectivity index (χ0v) is 20.6. The predicted molar refractivity (Wildman–Crippen MR) is 139 cm³/mol. The molecule has 2 N–H and O–H groups in total. The Balaban J connectivity index is 1.58. The van der Waals surface area contributed by atoms with Gasteiger partial charge >= 0.3 is 0 Å². The third kappa shape index (κ3) is 4.74. The van der Waals surface area contributed by atoms with E-state index in [1.54, 1.807) is 13.3 Å². The molecule has 0 spiro atoms. The first-order valence-electron chi connectivity index (χ1n) is 11.8. The summed E-state index contributed by atoms with van der Waals surface area (Å²) in [5.41, 5.74) is 3.46. The van der Waals surface area contributed by atoms with Crippen molar-refractivity contribution in [3.05, 3.63) is 72.3 Å². The molecule has 0 saturated carbocycles. The fourth-order valence-corrected chi connectivity index (χ4v) is 5.28. The van der Waals surface area contributed by atoms with Crippen LogP contribution in [0, 0.1) is 0 Å². The number of hydrogen-bond donors (Lipinski definition) is 2. The van der Waals surface area contributed by atoms with Gasteiger partial charge in [-0.1, -0.05) is 6.07 Å². The molecule has 0 unspecified atom stereocenters. The second-order valence-corrected chi connectivity index (χ2v) is 9.17. The summed E-state index contributed by atoms with van der Waals surface area (Å²) in [6, 6.07) is 15.5. The van der Waals surface area contributed by atoms with Crippen LogP contribution in [0.1, 0.15) is 43.2 Å². The first-order valence-corrected chi connectivity index (χ1v) is 12.2. The highest BCUT2D eigenvalue weighted by molar-refractivity contribution is 7.80. The number of carbonyl (C=O) groups is 1. The van der Waals surface area contributed by atoms with E-state index in [0.717, 1.165) is 43.1 Å². The second-order valence-electron chi connectivity index (χ2n) is 8.78. The minimum Gasteiger partial charge on any atom is -0.495 e. The molecule has 3 atom stereocenters. The number of anilines is 2. The van der Waals surface area contributed by atoms with Crippen molar-refractivity contribution in [2.75, 3.05) is 23.9 Å². The Morgan fingerprint density at radius 1 is 1.29 bits per heavy atom. The van der Waals surface area contributed by atoms with E-state index in [0.29, 0.717) is 16.5 Å². The number of ether oxygens (including phenoxy) is 2. The van der Waals surface area contributed by atoms with E-state index in [9.17, 15) is 4.79 Å². The first kappa shape index (κ1) is 23.3. The van der Waals surface area contributed by atoms with E-state index in [4.69, 9.17) is 21.7 Å². The van der Waals surface area contributed by atoms with Crippen LogP contribution in [0.5, 0.6) is 5.75 Å². The topological polar surface area (TPSA) is 80.7 Å². The van der Waals surface area contributed by atoms with Gasteiger partial charge in [-0.25, -0.2) is 0 Å². The van der Waals surface area contributed by atoms with Gasteiger partial charge in [0, 0.05) is 43.9 Å². The Morgan fingerprint density at radius 2 is 2.17 bits per heavy atom. The van der Waals surface area contributed by atoms with Crippen LogP contribution in [0.25, 0.3) is 0 Å². The lowest BCUT2D eigenvalue weighted by Gasteiger charge is -2.30. The highest BCUT2D eigenvalue weighted by atomic mass is 32.1. The molecule has 8 nitrogen and oxygen atoms in total. The van der Waals surface area contributed by atoms with Gasteiger partial charge < -0.3 is 29.6 Å². The van der Waals surface area contributed by atoms with Crippen molar-refractivity contribution in [2.24, 2.45) is 0 Å². The van der Waals surface area contributed by atoms with E-state index in [2.05, 4.69) is 43.4 Å². The van der Waals surface area contributed by atoms with E-state index in [1.165, 1.54) is 6.92 Å². The summed E-state index contributed by atoms with van der Waals surface area (Å²) in [5, 5.41) is 6.96. The van der Waals surface area contributed by atoms with Crippen molar-refractivity contribution in [3.8, 4) is 5.75 Å². The molecule has 4 heterocycles. The molecule has 2 aliphatic heterocycles. The zero-order valence-electron chi connectivity index (χ0n) is 19.8. The Bertz CT molecular complexity index is 1210. The van der Waals surface area contributed by atoms with Crippen LogP contribution < -0.4 is 20.3 Å². The lowest BCUT2D eigenvalue weighted by molar-refractivity contribution is -0.114. The quantitative estimate of drug-likeness (QED) is 0.480. The Kier molecular flexibility index (Phi) is 6.70.